The van der Waals surface area contributed by atoms with Crippen molar-refractivity contribution in [3.8, 4) is 0 Å². The van der Waals surface area contributed by atoms with E-state index in [-0.39, 0.29) is 0 Å². The van der Waals surface area contributed by atoms with Gasteiger partial charge in [0.05, 0.1) is 15.4 Å². The lowest BCUT2D eigenvalue weighted by atomic mass is 10.1. The molecule has 1 heterocycles. The van der Waals surface area contributed by atoms with Crippen LogP contribution < -0.4 is 0 Å². The van der Waals surface area contributed by atoms with Gasteiger partial charge in [0.15, 0.2) is 0 Å². The first-order chi connectivity index (χ1) is 3.93. The van der Waals surface area contributed by atoms with Crippen molar-refractivity contribution in [1.82, 2.24) is 0 Å². The summed E-state index contributed by atoms with van der Waals surface area (Å²) in [7, 11) is 0.567. The zero-order valence-corrected chi connectivity index (χ0v) is 6.02. The quantitative estimate of drug-likeness (QED) is 0.400. The monoisotopic (exact) mass is 134 g/mol. The van der Waals surface area contributed by atoms with Gasteiger partial charge in [0.2, 0.25) is 0 Å². The first kappa shape index (κ1) is 6.47. The Morgan fingerprint density at radius 3 is 3.00 bits per heavy atom. The molecule has 48 valence electrons. The normalized spacial score (nSPS) is 33.4. The van der Waals surface area contributed by atoms with Gasteiger partial charge >= 0.3 is 0 Å². The molecular weight excluding hydrogens is 123 g/mol. The van der Waals surface area contributed by atoms with E-state index in [0.717, 1.165) is 12.5 Å². The van der Waals surface area contributed by atoms with E-state index in [1.54, 1.807) is 0 Å². The summed E-state index contributed by atoms with van der Waals surface area (Å²) in [5.74, 6) is 0.752. The highest BCUT2D eigenvalue weighted by Gasteiger charge is 2.11. The van der Waals surface area contributed by atoms with Crippen molar-refractivity contribution in [2.75, 3.05) is 12.8 Å². The second-order valence-electron chi connectivity index (χ2n) is 1.99. The average Bonchev–Trinajstić information content (AvgIpc) is 1.90. The minimum Gasteiger partial charge on any atom is -0.233 e. The van der Waals surface area contributed by atoms with Gasteiger partial charge in [-0.15, -0.1) is 0 Å². The van der Waals surface area contributed by atoms with Gasteiger partial charge < -0.3 is 0 Å². The third-order valence-corrected chi connectivity index (χ3v) is 2.35. The van der Waals surface area contributed by atoms with Crippen LogP contribution in [0.3, 0.4) is 0 Å². The average molecular weight is 134 g/mol. The topological polar surface area (TPSA) is 18.5 Å². The maximum Gasteiger partial charge on any atom is 0.0857 e. The molecule has 0 N–H and O–H groups in total. The Balaban J connectivity index is 2.13. The molecule has 0 amide bonds. The predicted molar refractivity (Wildman–Crippen MR) is 34.0 cm³/mol. The zero-order chi connectivity index (χ0) is 5.82. The lowest BCUT2D eigenvalue weighted by Crippen LogP contribution is -2.14. The molecule has 8 heavy (non-hydrogen) atoms. The third kappa shape index (κ3) is 1.70. The molecule has 1 fully saturated rings. The summed E-state index contributed by atoms with van der Waals surface area (Å²) in [4.78, 5) is 4.79. The summed E-state index contributed by atoms with van der Waals surface area (Å²) in [5.41, 5.74) is 0. The number of rotatable bonds is 1. The molecule has 0 aromatic rings. The molecule has 2 nitrogen and oxygen atoms in total. The fourth-order valence-corrected chi connectivity index (χ4v) is 1.51. The highest BCUT2D eigenvalue weighted by molar-refractivity contribution is 7.32. The molecule has 0 saturated carbocycles. The van der Waals surface area contributed by atoms with Gasteiger partial charge in [-0.25, -0.2) is 9.56 Å². The van der Waals surface area contributed by atoms with Gasteiger partial charge in [-0.3, -0.25) is 0 Å². The van der Waals surface area contributed by atoms with Crippen molar-refractivity contribution >= 4 is 8.81 Å². The van der Waals surface area contributed by atoms with Gasteiger partial charge in [-0.05, 0) is 12.1 Å². The Bertz CT molecular complexity index is 61.4. The molecule has 0 aliphatic carbocycles. The molecule has 0 spiro atoms. The van der Waals surface area contributed by atoms with Crippen LogP contribution in [0.1, 0.15) is 13.3 Å². The smallest absolute Gasteiger partial charge is 0.0857 e. The summed E-state index contributed by atoms with van der Waals surface area (Å²) < 4.78 is 4.73. The van der Waals surface area contributed by atoms with Crippen LogP contribution in [-0.2, 0) is 9.56 Å². The Morgan fingerprint density at radius 2 is 2.62 bits per heavy atom. The summed E-state index contributed by atoms with van der Waals surface area (Å²) in [6.45, 7) is 2.98. The molecule has 0 aromatic carbocycles. The standard InChI is InChI=1S/C5H11O2P/c1-2-5-3-6-7-8-4-5/h5,8H,2-4H2,1H3. The second kappa shape index (κ2) is 3.39. The van der Waals surface area contributed by atoms with Crippen LogP contribution in [0.4, 0.5) is 0 Å². The summed E-state index contributed by atoms with van der Waals surface area (Å²) >= 11 is 0. The number of hydrogen-bond donors (Lipinski definition) is 0. The van der Waals surface area contributed by atoms with Crippen molar-refractivity contribution in [3.63, 3.8) is 0 Å². The maximum absolute atomic E-state index is 4.79. The SMILES string of the molecule is CCC1COOPC1. The van der Waals surface area contributed by atoms with Crippen LogP contribution >= 0.6 is 8.81 Å². The molecular formula is C5H11O2P. The molecule has 2 atom stereocenters. The van der Waals surface area contributed by atoms with E-state index < -0.39 is 0 Å². The minimum absolute atomic E-state index is 0.567. The predicted octanol–water partition coefficient (Wildman–Crippen LogP) is 1.57. The molecule has 3 heteroatoms. The van der Waals surface area contributed by atoms with E-state index in [1.807, 2.05) is 0 Å². The summed E-state index contributed by atoms with van der Waals surface area (Å²) in [6, 6.07) is 0. The van der Waals surface area contributed by atoms with Gasteiger partial charge in [0, 0.05) is 0 Å². The lowest BCUT2D eigenvalue weighted by molar-refractivity contribution is -0.214. The molecule has 0 radical (unpaired) electrons. The Kier molecular flexibility index (Phi) is 2.74. The van der Waals surface area contributed by atoms with Crippen LogP contribution in [0.5, 0.6) is 0 Å². The van der Waals surface area contributed by atoms with Crippen LogP contribution in [0, 0.1) is 5.92 Å². The number of hydrogen-bond acceptors (Lipinski definition) is 2. The summed E-state index contributed by atoms with van der Waals surface area (Å²) in [6.07, 6.45) is 2.41. The molecule has 1 rings (SSSR count). The first-order valence-electron chi connectivity index (χ1n) is 2.94. The van der Waals surface area contributed by atoms with Crippen molar-refractivity contribution in [3.05, 3.63) is 0 Å². The minimum atomic E-state index is 0.567. The largest absolute Gasteiger partial charge is 0.233 e. The van der Waals surface area contributed by atoms with Gasteiger partial charge in [0.1, 0.15) is 0 Å². The van der Waals surface area contributed by atoms with Gasteiger partial charge in [-0.2, -0.15) is 0 Å². The Hall–Kier alpha value is 0.350. The molecule has 0 bridgehead atoms. The highest BCUT2D eigenvalue weighted by Crippen LogP contribution is 2.24. The molecule has 0 aromatic heterocycles. The van der Waals surface area contributed by atoms with Crippen molar-refractivity contribution in [2.24, 2.45) is 5.92 Å². The van der Waals surface area contributed by atoms with Crippen molar-refractivity contribution in [2.45, 2.75) is 13.3 Å². The van der Waals surface area contributed by atoms with Crippen LogP contribution in [0.2, 0.25) is 0 Å². The van der Waals surface area contributed by atoms with Gasteiger partial charge in [0.25, 0.3) is 0 Å². The van der Waals surface area contributed by atoms with E-state index in [0.29, 0.717) is 8.81 Å². The van der Waals surface area contributed by atoms with E-state index >= 15 is 0 Å². The second-order valence-corrected chi connectivity index (χ2v) is 2.85. The van der Waals surface area contributed by atoms with Crippen molar-refractivity contribution < 1.29 is 9.56 Å². The Morgan fingerprint density at radius 1 is 1.75 bits per heavy atom. The molecule has 1 aliphatic rings. The fraction of sp³-hybridized carbons (Fsp3) is 1.00. The van der Waals surface area contributed by atoms with Crippen LogP contribution in [0.15, 0.2) is 0 Å². The highest BCUT2D eigenvalue weighted by atomic mass is 31.1. The third-order valence-electron chi connectivity index (χ3n) is 1.37. The van der Waals surface area contributed by atoms with Gasteiger partial charge in [-0.1, -0.05) is 13.3 Å². The maximum atomic E-state index is 4.79. The molecule has 1 saturated heterocycles. The van der Waals surface area contributed by atoms with Crippen LogP contribution in [-0.4, -0.2) is 12.8 Å². The first-order valence-corrected chi connectivity index (χ1v) is 4.06. The molecule has 1 aliphatic heterocycles. The van der Waals surface area contributed by atoms with Crippen molar-refractivity contribution in [1.29, 1.82) is 0 Å². The zero-order valence-electron chi connectivity index (χ0n) is 5.02. The van der Waals surface area contributed by atoms with Crippen LogP contribution in [0.25, 0.3) is 0 Å². The van der Waals surface area contributed by atoms with E-state index in [4.69, 9.17) is 9.56 Å². The lowest BCUT2D eigenvalue weighted by Gasteiger charge is -2.18. The summed E-state index contributed by atoms with van der Waals surface area (Å²) in [5, 5.41) is 0. The fourth-order valence-electron chi connectivity index (χ4n) is 0.645. The Labute approximate surface area is 51.4 Å². The van der Waals surface area contributed by atoms with E-state index in [2.05, 4.69) is 6.92 Å². The van der Waals surface area contributed by atoms with E-state index in [9.17, 15) is 0 Å². The molecule has 2 unspecified atom stereocenters. The van der Waals surface area contributed by atoms with E-state index in [1.165, 1.54) is 12.6 Å².